The molecule has 1 aliphatic heterocycles. The summed E-state index contributed by atoms with van der Waals surface area (Å²) in [6, 6.07) is 11.7. The lowest BCUT2D eigenvalue weighted by atomic mass is 9.95. The van der Waals surface area contributed by atoms with Gasteiger partial charge in [-0.2, -0.15) is 13.2 Å². The fourth-order valence-corrected chi connectivity index (χ4v) is 4.47. The van der Waals surface area contributed by atoms with E-state index in [9.17, 15) is 18.0 Å². The van der Waals surface area contributed by atoms with E-state index in [1.54, 1.807) is 18.2 Å². The number of rotatable bonds is 6. The monoisotopic (exact) mass is 491 g/mol. The molecule has 1 aliphatic rings. The Hall–Kier alpha value is -3.01. The summed E-state index contributed by atoms with van der Waals surface area (Å²) in [5.74, 6) is -0.256. The van der Waals surface area contributed by atoms with Gasteiger partial charge >= 0.3 is 6.18 Å². The zero-order valence-corrected chi connectivity index (χ0v) is 19.5. The summed E-state index contributed by atoms with van der Waals surface area (Å²) < 4.78 is 51.2. The lowest BCUT2D eigenvalue weighted by molar-refractivity contribution is -0.145. The Morgan fingerprint density at radius 2 is 1.82 bits per heavy atom. The van der Waals surface area contributed by atoms with Crippen LogP contribution in [0.2, 0.25) is 0 Å². The highest BCUT2D eigenvalue weighted by atomic mass is 32.2. The van der Waals surface area contributed by atoms with Crippen LogP contribution in [0.1, 0.15) is 37.7 Å². The average molecular weight is 492 g/mol. The van der Waals surface area contributed by atoms with Crippen LogP contribution in [0.5, 0.6) is 11.5 Å². The highest BCUT2D eigenvalue weighted by molar-refractivity contribution is 8.00. The number of carbonyl (C=O) groups excluding carboxylic acids is 1. The average Bonchev–Trinajstić information content (AvgIpc) is 3.05. The Kier molecular flexibility index (Phi) is 7.16. The number of nitrogens with one attached hydrogen (secondary N) is 1. The molecule has 2 heterocycles. The number of para-hydroxylation sites is 1. The first kappa shape index (κ1) is 24.1. The van der Waals surface area contributed by atoms with E-state index < -0.39 is 12.0 Å². The Bertz CT molecular complexity index is 1190. The van der Waals surface area contributed by atoms with Gasteiger partial charge < -0.3 is 14.8 Å². The first-order valence-corrected chi connectivity index (χ1v) is 11.9. The van der Waals surface area contributed by atoms with Crippen molar-refractivity contribution < 1.29 is 27.4 Å². The fourth-order valence-electron chi connectivity index (χ4n) is 3.64. The van der Waals surface area contributed by atoms with Gasteiger partial charge in [-0.15, -0.1) is 0 Å². The molecule has 2 aromatic carbocycles. The van der Waals surface area contributed by atoms with Crippen LogP contribution >= 0.6 is 11.8 Å². The van der Waals surface area contributed by atoms with Gasteiger partial charge in [-0.1, -0.05) is 49.9 Å². The highest BCUT2D eigenvalue weighted by Gasteiger charge is 2.35. The molecule has 1 amide bonds. The molecule has 180 valence electrons. The van der Waals surface area contributed by atoms with Gasteiger partial charge in [-0.25, -0.2) is 9.97 Å². The molecule has 1 N–H and O–H groups in total. The molecule has 0 radical (unpaired) electrons. The molecule has 0 saturated heterocycles. The largest absolute Gasteiger partial charge is 0.490 e. The second kappa shape index (κ2) is 10.1. The van der Waals surface area contributed by atoms with E-state index in [1.165, 1.54) is 6.07 Å². The van der Waals surface area contributed by atoms with Crippen LogP contribution in [0.15, 0.2) is 47.5 Å². The minimum absolute atomic E-state index is 0.0652. The van der Waals surface area contributed by atoms with Gasteiger partial charge in [0, 0.05) is 11.8 Å². The summed E-state index contributed by atoms with van der Waals surface area (Å²) in [5.41, 5.74) is 1.05. The quantitative estimate of drug-likeness (QED) is 0.367. The standard InChI is InChI=1S/C24H24F3N3O3S/c1-14(2)21(15-8-9-18-19(12-15)33-11-5-10-32-18)29-20(31)13-34-22-16-6-3-4-7-17(16)28-23(30-22)24(25,26)27/h3-4,6-9,12,14,21H,5,10-11,13H2,1-2H3,(H,29,31). The van der Waals surface area contributed by atoms with Crippen molar-refractivity contribution in [2.75, 3.05) is 19.0 Å². The number of nitrogens with zero attached hydrogens (tertiary/aromatic N) is 2. The molecular formula is C24H24F3N3O3S. The van der Waals surface area contributed by atoms with Crippen molar-refractivity contribution in [1.82, 2.24) is 15.3 Å². The van der Waals surface area contributed by atoms with Gasteiger partial charge in [0.15, 0.2) is 11.5 Å². The molecule has 0 bridgehead atoms. The van der Waals surface area contributed by atoms with Crippen molar-refractivity contribution in [3.05, 3.63) is 53.9 Å². The van der Waals surface area contributed by atoms with Crippen LogP contribution in [0, 0.1) is 5.92 Å². The van der Waals surface area contributed by atoms with Gasteiger partial charge in [-0.3, -0.25) is 4.79 Å². The first-order valence-electron chi connectivity index (χ1n) is 10.9. The number of ether oxygens (including phenoxy) is 2. The first-order chi connectivity index (χ1) is 16.2. The molecule has 3 aromatic rings. The van der Waals surface area contributed by atoms with E-state index in [0.29, 0.717) is 30.1 Å². The Morgan fingerprint density at radius 3 is 2.56 bits per heavy atom. The summed E-state index contributed by atoms with van der Waals surface area (Å²) in [4.78, 5) is 20.1. The zero-order valence-electron chi connectivity index (χ0n) is 18.7. The fraction of sp³-hybridized carbons (Fsp3) is 0.375. The van der Waals surface area contributed by atoms with E-state index in [0.717, 1.165) is 23.7 Å². The topological polar surface area (TPSA) is 73.3 Å². The third-order valence-corrected chi connectivity index (χ3v) is 6.27. The smallest absolute Gasteiger partial charge is 0.451 e. The Balaban J connectivity index is 1.51. The molecule has 0 saturated carbocycles. The number of aromatic nitrogens is 2. The Morgan fingerprint density at radius 1 is 1.09 bits per heavy atom. The molecule has 10 heteroatoms. The summed E-state index contributed by atoms with van der Waals surface area (Å²) >= 11 is 0.955. The third kappa shape index (κ3) is 5.55. The number of hydrogen-bond acceptors (Lipinski definition) is 6. The molecule has 0 aliphatic carbocycles. The number of hydrogen-bond donors (Lipinski definition) is 1. The van der Waals surface area contributed by atoms with Gasteiger partial charge in [0.05, 0.1) is 30.5 Å². The minimum Gasteiger partial charge on any atom is -0.490 e. The SMILES string of the molecule is CC(C)C(NC(=O)CSc1nc(C(F)(F)F)nc2ccccc12)c1ccc2c(c1)OCCCO2. The highest BCUT2D eigenvalue weighted by Crippen LogP contribution is 2.35. The molecular weight excluding hydrogens is 467 g/mol. The van der Waals surface area contributed by atoms with Crippen molar-refractivity contribution in [2.45, 2.75) is 37.5 Å². The summed E-state index contributed by atoms with van der Waals surface area (Å²) in [6.07, 6.45) is -3.89. The maximum absolute atomic E-state index is 13.3. The van der Waals surface area contributed by atoms with Crippen LogP contribution in [0.3, 0.4) is 0 Å². The van der Waals surface area contributed by atoms with Crippen LogP contribution < -0.4 is 14.8 Å². The number of alkyl halides is 3. The maximum Gasteiger partial charge on any atom is 0.451 e. The number of thioether (sulfide) groups is 1. The van der Waals surface area contributed by atoms with Crippen molar-refractivity contribution >= 4 is 28.6 Å². The Labute approximate surface area is 199 Å². The number of halogens is 3. The van der Waals surface area contributed by atoms with E-state index >= 15 is 0 Å². The summed E-state index contributed by atoms with van der Waals surface area (Å²) in [6.45, 7) is 5.10. The molecule has 0 spiro atoms. The molecule has 4 rings (SSSR count). The van der Waals surface area contributed by atoms with E-state index in [2.05, 4.69) is 15.3 Å². The van der Waals surface area contributed by atoms with E-state index in [4.69, 9.17) is 9.47 Å². The number of amides is 1. The minimum atomic E-state index is -4.68. The molecule has 34 heavy (non-hydrogen) atoms. The maximum atomic E-state index is 13.3. The van der Waals surface area contributed by atoms with Crippen molar-refractivity contribution in [3.8, 4) is 11.5 Å². The van der Waals surface area contributed by atoms with Crippen LogP contribution in [-0.2, 0) is 11.0 Å². The van der Waals surface area contributed by atoms with Crippen LogP contribution in [-0.4, -0.2) is 34.8 Å². The molecule has 0 fully saturated rings. The second-order valence-electron chi connectivity index (χ2n) is 8.20. The van der Waals surface area contributed by atoms with Crippen molar-refractivity contribution in [2.24, 2.45) is 5.92 Å². The van der Waals surface area contributed by atoms with Gasteiger partial charge in [-0.05, 0) is 29.7 Å². The van der Waals surface area contributed by atoms with Crippen molar-refractivity contribution in [1.29, 1.82) is 0 Å². The normalized spacial score (nSPS) is 14.6. The van der Waals surface area contributed by atoms with Crippen molar-refractivity contribution in [3.63, 3.8) is 0 Å². The van der Waals surface area contributed by atoms with Gasteiger partial charge in [0.2, 0.25) is 11.7 Å². The summed E-state index contributed by atoms with van der Waals surface area (Å²) in [5, 5.41) is 3.58. The number of fused-ring (bicyclic) bond motifs is 2. The van der Waals surface area contributed by atoms with Gasteiger partial charge in [0.1, 0.15) is 5.03 Å². The van der Waals surface area contributed by atoms with E-state index in [-0.39, 0.29) is 34.2 Å². The number of carbonyl (C=O) groups is 1. The lowest BCUT2D eigenvalue weighted by Gasteiger charge is -2.24. The predicted molar refractivity (Wildman–Crippen MR) is 123 cm³/mol. The second-order valence-corrected chi connectivity index (χ2v) is 9.17. The lowest BCUT2D eigenvalue weighted by Crippen LogP contribution is -2.33. The molecule has 1 atom stereocenters. The zero-order chi connectivity index (χ0) is 24.3. The van der Waals surface area contributed by atoms with Crippen LogP contribution in [0.4, 0.5) is 13.2 Å². The predicted octanol–water partition coefficient (Wildman–Crippen LogP) is 5.42. The van der Waals surface area contributed by atoms with Gasteiger partial charge in [0.25, 0.3) is 0 Å². The number of benzene rings is 2. The molecule has 1 unspecified atom stereocenters. The summed E-state index contributed by atoms with van der Waals surface area (Å²) in [7, 11) is 0. The van der Waals surface area contributed by atoms with E-state index in [1.807, 2.05) is 32.0 Å². The van der Waals surface area contributed by atoms with Crippen LogP contribution in [0.25, 0.3) is 10.9 Å². The molecule has 6 nitrogen and oxygen atoms in total. The third-order valence-electron chi connectivity index (χ3n) is 5.28. The molecule has 1 aromatic heterocycles.